The first-order valence-corrected chi connectivity index (χ1v) is 9.67. The van der Waals surface area contributed by atoms with E-state index in [0.29, 0.717) is 6.04 Å². The number of likely N-dealkylation sites (tertiary alicyclic amines) is 1. The first-order chi connectivity index (χ1) is 12.7. The smallest absolute Gasteiger partial charge is 0.123 e. The molecule has 3 nitrogen and oxygen atoms in total. The second-order valence-corrected chi connectivity index (χ2v) is 7.55. The number of piperidine rings is 1. The normalized spacial score (nSPS) is 23.2. The van der Waals surface area contributed by atoms with E-state index in [1.165, 1.54) is 28.9 Å². The summed E-state index contributed by atoms with van der Waals surface area (Å²) in [5, 5.41) is 10.0. The number of para-hydroxylation sites is 1. The van der Waals surface area contributed by atoms with Gasteiger partial charge in [0.15, 0.2) is 0 Å². The summed E-state index contributed by atoms with van der Waals surface area (Å²) < 4.78 is 13.0. The molecule has 138 valence electrons. The highest BCUT2D eigenvalue weighted by atomic mass is 19.1. The summed E-state index contributed by atoms with van der Waals surface area (Å²) in [6.45, 7) is 4.25. The van der Waals surface area contributed by atoms with Crippen LogP contribution in [0.25, 0.3) is 0 Å². The molecule has 0 aliphatic carbocycles. The van der Waals surface area contributed by atoms with E-state index in [4.69, 9.17) is 0 Å². The van der Waals surface area contributed by atoms with Gasteiger partial charge >= 0.3 is 0 Å². The van der Waals surface area contributed by atoms with Gasteiger partial charge in [0, 0.05) is 50.4 Å². The Kier molecular flexibility index (Phi) is 5.23. The summed E-state index contributed by atoms with van der Waals surface area (Å²) in [5.41, 5.74) is 3.96. The van der Waals surface area contributed by atoms with Crippen LogP contribution in [0.2, 0.25) is 0 Å². The Morgan fingerprint density at radius 1 is 1.04 bits per heavy atom. The lowest BCUT2D eigenvalue weighted by molar-refractivity contribution is 0.102. The minimum Gasteiger partial charge on any atom is -0.396 e. The summed E-state index contributed by atoms with van der Waals surface area (Å²) in [4.78, 5) is 4.97. The quantitative estimate of drug-likeness (QED) is 0.894. The number of aliphatic hydroxyl groups is 1. The molecule has 0 amide bonds. The molecule has 0 radical (unpaired) electrons. The molecule has 1 saturated heterocycles. The van der Waals surface area contributed by atoms with Crippen LogP contribution in [0.5, 0.6) is 0 Å². The lowest BCUT2D eigenvalue weighted by atomic mass is 9.91. The van der Waals surface area contributed by atoms with Gasteiger partial charge in [-0.2, -0.15) is 0 Å². The van der Waals surface area contributed by atoms with Crippen LogP contribution in [0, 0.1) is 11.7 Å². The molecule has 1 N–H and O–H groups in total. The Bertz CT molecular complexity index is 733. The highest BCUT2D eigenvalue weighted by Crippen LogP contribution is 2.34. The molecular weight excluding hydrogens is 327 g/mol. The molecule has 2 aliphatic heterocycles. The number of benzene rings is 2. The van der Waals surface area contributed by atoms with Gasteiger partial charge in [0.2, 0.25) is 0 Å². The summed E-state index contributed by atoms with van der Waals surface area (Å²) in [7, 11) is 0. The summed E-state index contributed by atoms with van der Waals surface area (Å²) in [6, 6.07) is 15.9. The molecule has 0 unspecified atom stereocenters. The van der Waals surface area contributed by atoms with Gasteiger partial charge in [-0.3, -0.25) is 0 Å². The van der Waals surface area contributed by atoms with Crippen molar-refractivity contribution in [2.24, 2.45) is 5.92 Å². The first kappa shape index (κ1) is 17.5. The molecule has 1 fully saturated rings. The van der Waals surface area contributed by atoms with E-state index in [1.807, 2.05) is 12.1 Å². The third-order valence-electron chi connectivity index (χ3n) is 5.97. The number of halogens is 1. The van der Waals surface area contributed by atoms with Gasteiger partial charge < -0.3 is 14.9 Å². The van der Waals surface area contributed by atoms with Crippen molar-refractivity contribution < 1.29 is 9.50 Å². The fraction of sp³-hybridized carbons (Fsp3) is 0.455. The molecule has 4 rings (SSSR count). The zero-order chi connectivity index (χ0) is 17.9. The molecule has 0 bridgehead atoms. The predicted octanol–water partition coefficient (Wildman–Crippen LogP) is 3.11. The first-order valence-electron chi connectivity index (χ1n) is 9.67. The molecular formula is C22H27FN2O. The summed E-state index contributed by atoms with van der Waals surface area (Å²) >= 11 is 0. The molecule has 4 heteroatoms. The number of nitrogens with zero attached hydrogens (tertiary/aromatic N) is 2. The largest absolute Gasteiger partial charge is 0.396 e. The van der Waals surface area contributed by atoms with Crippen molar-refractivity contribution in [2.75, 3.05) is 37.7 Å². The molecule has 26 heavy (non-hydrogen) atoms. The fourth-order valence-electron chi connectivity index (χ4n) is 4.53. The van der Waals surface area contributed by atoms with Gasteiger partial charge in [0.25, 0.3) is 0 Å². The van der Waals surface area contributed by atoms with Crippen LogP contribution in [0.1, 0.15) is 17.5 Å². The van der Waals surface area contributed by atoms with Crippen molar-refractivity contribution in [1.29, 1.82) is 0 Å². The molecule has 0 aromatic heterocycles. The van der Waals surface area contributed by atoms with Crippen molar-refractivity contribution in [2.45, 2.75) is 25.3 Å². The molecule has 2 atom stereocenters. The van der Waals surface area contributed by atoms with Crippen molar-refractivity contribution >= 4 is 5.69 Å². The maximum absolute atomic E-state index is 13.0. The van der Waals surface area contributed by atoms with E-state index in [0.717, 1.165) is 45.4 Å². The monoisotopic (exact) mass is 354 g/mol. The molecule has 2 aromatic carbocycles. The number of fused-ring (bicyclic) bond motifs is 1. The average molecular weight is 354 g/mol. The SMILES string of the molecule is OC[C@@H]1CN(CCc2ccc(F)cc2)CC[C@@H]1N1CCc2ccccc21. The van der Waals surface area contributed by atoms with Crippen LogP contribution in [-0.2, 0) is 12.8 Å². The minimum absolute atomic E-state index is 0.180. The Labute approximate surface area is 155 Å². The molecule has 2 heterocycles. The summed E-state index contributed by atoms with van der Waals surface area (Å²) in [6.07, 6.45) is 3.12. The third-order valence-corrected chi connectivity index (χ3v) is 5.97. The van der Waals surface area contributed by atoms with Crippen molar-refractivity contribution in [1.82, 2.24) is 4.90 Å². The van der Waals surface area contributed by atoms with Crippen molar-refractivity contribution in [3.05, 3.63) is 65.5 Å². The van der Waals surface area contributed by atoms with Crippen molar-refractivity contribution in [3.8, 4) is 0 Å². The lowest BCUT2D eigenvalue weighted by Crippen LogP contribution is -2.52. The van der Waals surface area contributed by atoms with Crippen LogP contribution in [0.15, 0.2) is 48.5 Å². The van der Waals surface area contributed by atoms with Crippen molar-refractivity contribution in [3.63, 3.8) is 0 Å². The summed E-state index contributed by atoms with van der Waals surface area (Å²) in [5.74, 6) is 0.101. The fourth-order valence-corrected chi connectivity index (χ4v) is 4.53. The maximum Gasteiger partial charge on any atom is 0.123 e. The highest BCUT2D eigenvalue weighted by molar-refractivity contribution is 5.58. The standard InChI is InChI=1S/C22H27FN2O/c23-20-7-5-17(6-8-20)9-12-24-13-11-22(19(15-24)16-26)25-14-10-18-3-1-2-4-21(18)25/h1-8,19,22,26H,9-16H2/t19-,22-/m0/s1. The number of rotatable bonds is 5. The van der Waals surface area contributed by atoms with Gasteiger partial charge in [0.1, 0.15) is 5.82 Å². The lowest BCUT2D eigenvalue weighted by Gasteiger charge is -2.43. The predicted molar refractivity (Wildman–Crippen MR) is 103 cm³/mol. The number of anilines is 1. The van der Waals surface area contributed by atoms with Crippen LogP contribution in [-0.4, -0.2) is 48.8 Å². The Hall–Kier alpha value is -1.91. The van der Waals surface area contributed by atoms with E-state index >= 15 is 0 Å². The number of aliphatic hydroxyl groups excluding tert-OH is 1. The number of hydrogen-bond acceptors (Lipinski definition) is 3. The minimum atomic E-state index is -0.180. The maximum atomic E-state index is 13.0. The van der Waals surface area contributed by atoms with Crippen LogP contribution < -0.4 is 4.90 Å². The van der Waals surface area contributed by atoms with E-state index in [2.05, 4.69) is 34.1 Å². The van der Waals surface area contributed by atoms with E-state index in [1.54, 1.807) is 0 Å². The molecule has 2 aromatic rings. The molecule has 0 spiro atoms. The van der Waals surface area contributed by atoms with Gasteiger partial charge in [-0.1, -0.05) is 30.3 Å². The Balaban J connectivity index is 1.37. The second-order valence-electron chi connectivity index (χ2n) is 7.55. The van der Waals surface area contributed by atoms with E-state index in [9.17, 15) is 9.50 Å². The molecule has 2 aliphatic rings. The van der Waals surface area contributed by atoms with Crippen LogP contribution in [0.4, 0.5) is 10.1 Å². The van der Waals surface area contributed by atoms with E-state index < -0.39 is 0 Å². The zero-order valence-corrected chi connectivity index (χ0v) is 15.1. The van der Waals surface area contributed by atoms with Crippen LogP contribution >= 0.6 is 0 Å². The van der Waals surface area contributed by atoms with Gasteiger partial charge in [0.05, 0.1) is 0 Å². The topological polar surface area (TPSA) is 26.7 Å². The molecule has 0 saturated carbocycles. The van der Waals surface area contributed by atoms with Crippen LogP contribution in [0.3, 0.4) is 0 Å². The van der Waals surface area contributed by atoms with E-state index in [-0.39, 0.29) is 18.3 Å². The van der Waals surface area contributed by atoms with Gasteiger partial charge in [-0.25, -0.2) is 4.39 Å². The van der Waals surface area contributed by atoms with Gasteiger partial charge in [-0.15, -0.1) is 0 Å². The van der Waals surface area contributed by atoms with Gasteiger partial charge in [-0.05, 0) is 48.6 Å². The third kappa shape index (κ3) is 3.62. The highest BCUT2D eigenvalue weighted by Gasteiger charge is 2.35. The Morgan fingerprint density at radius 3 is 2.65 bits per heavy atom. The zero-order valence-electron chi connectivity index (χ0n) is 15.1. The number of hydrogen-bond donors (Lipinski definition) is 1. The Morgan fingerprint density at radius 2 is 1.85 bits per heavy atom. The average Bonchev–Trinajstić information content (AvgIpc) is 3.11. The second kappa shape index (κ2) is 7.77.